The molecule has 96 valence electrons. The van der Waals surface area contributed by atoms with E-state index in [1.54, 1.807) is 37.3 Å². The van der Waals surface area contributed by atoms with Crippen LogP contribution in [0.2, 0.25) is 0 Å². The van der Waals surface area contributed by atoms with E-state index >= 15 is 0 Å². The summed E-state index contributed by atoms with van der Waals surface area (Å²) in [4.78, 5) is 0. The molecule has 2 aromatic rings. The maximum absolute atomic E-state index is 9.72. The Morgan fingerprint density at radius 1 is 1.21 bits per heavy atom. The Labute approximate surface area is 120 Å². The predicted octanol–water partition coefficient (Wildman–Crippen LogP) is 4.17. The average molecular weight is 318 g/mol. The predicted molar refractivity (Wildman–Crippen MR) is 76.0 cm³/mol. The van der Waals surface area contributed by atoms with Crippen LogP contribution in [0.15, 0.2) is 46.9 Å². The fraction of sp³-hybridized carbons (Fsp3) is 0.133. The van der Waals surface area contributed by atoms with Crippen LogP contribution in [0.1, 0.15) is 24.2 Å². The number of hydrogen-bond acceptors (Lipinski definition) is 3. The summed E-state index contributed by atoms with van der Waals surface area (Å²) < 4.78 is 6.63. The van der Waals surface area contributed by atoms with Gasteiger partial charge in [-0.05, 0) is 43.3 Å². The molecule has 0 aliphatic carbocycles. The molecule has 0 aromatic heterocycles. The van der Waals surface area contributed by atoms with Crippen molar-refractivity contribution in [2.24, 2.45) is 0 Å². The number of ether oxygens (including phenoxy) is 1. The van der Waals surface area contributed by atoms with E-state index in [9.17, 15) is 5.11 Å². The van der Waals surface area contributed by atoms with Gasteiger partial charge >= 0.3 is 0 Å². The molecule has 0 saturated heterocycles. The van der Waals surface area contributed by atoms with Crippen LogP contribution in [0.3, 0.4) is 0 Å². The van der Waals surface area contributed by atoms with Crippen molar-refractivity contribution in [3.8, 4) is 17.6 Å². The fourth-order valence-corrected chi connectivity index (χ4v) is 2.01. The molecule has 4 heteroatoms. The summed E-state index contributed by atoms with van der Waals surface area (Å²) in [5.74, 6) is 1.22. The minimum Gasteiger partial charge on any atom is -0.457 e. The van der Waals surface area contributed by atoms with Crippen molar-refractivity contribution in [2.75, 3.05) is 0 Å². The number of aliphatic hydroxyl groups excluding tert-OH is 1. The molecular weight excluding hydrogens is 306 g/mol. The van der Waals surface area contributed by atoms with Gasteiger partial charge in [-0.2, -0.15) is 5.26 Å². The molecule has 1 atom stereocenters. The van der Waals surface area contributed by atoms with Gasteiger partial charge in [0.25, 0.3) is 0 Å². The summed E-state index contributed by atoms with van der Waals surface area (Å²) >= 11 is 3.38. The van der Waals surface area contributed by atoms with E-state index in [0.29, 0.717) is 22.6 Å². The van der Waals surface area contributed by atoms with Gasteiger partial charge in [0.2, 0.25) is 0 Å². The second-order valence-electron chi connectivity index (χ2n) is 4.10. The lowest BCUT2D eigenvalue weighted by Crippen LogP contribution is -1.96. The molecule has 0 bridgehead atoms. The molecule has 0 radical (unpaired) electrons. The van der Waals surface area contributed by atoms with Crippen molar-refractivity contribution in [1.29, 1.82) is 5.26 Å². The molecule has 1 unspecified atom stereocenters. The third kappa shape index (κ3) is 3.34. The summed E-state index contributed by atoms with van der Waals surface area (Å²) in [7, 11) is 0. The normalized spacial score (nSPS) is 11.7. The van der Waals surface area contributed by atoms with Crippen LogP contribution < -0.4 is 4.74 Å². The van der Waals surface area contributed by atoms with E-state index in [1.165, 1.54) is 0 Å². The number of rotatable bonds is 3. The van der Waals surface area contributed by atoms with Gasteiger partial charge in [-0.3, -0.25) is 0 Å². The van der Waals surface area contributed by atoms with E-state index in [2.05, 4.69) is 22.0 Å². The van der Waals surface area contributed by atoms with Crippen LogP contribution in [-0.2, 0) is 0 Å². The Morgan fingerprint density at radius 3 is 2.47 bits per heavy atom. The third-order valence-corrected chi connectivity index (χ3v) is 3.13. The zero-order valence-electron chi connectivity index (χ0n) is 10.3. The average Bonchev–Trinajstić information content (AvgIpc) is 2.39. The second-order valence-corrected chi connectivity index (χ2v) is 5.01. The molecule has 0 heterocycles. The maximum Gasteiger partial charge on any atom is 0.134 e. The highest BCUT2D eigenvalue weighted by atomic mass is 79.9. The minimum absolute atomic E-state index is 0.581. The van der Waals surface area contributed by atoms with Crippen molar-refractivity contribution in [2.45, 2.75) is 13.0 Å². The molecule has 0 spiro atoms. The van der Waals surface area contributed by atoms with Gasteiger partial charge in [-0.25, -0.2) is 0 Å². The van der Waals surface area contributed by atoms with Crippen molar-refractivity contribution >= 4 is 15.9 Å². The van der Waals surface area contributed by atoms with Crippen LogP contribution >= 0.6 is 15.9 Å². The lowest BCUT2D eigenvalue weighted by molar-refractivity contribution is 0.195. The Hall–Kier alpha value is -1.83. The van der Waals surface area contributed by atoms with Crippen LogP contribution in [0.5, 0.6) is 11.5 Å². The molecule has 0 fully saturated rings. The monoisotopic (exact) mass is 317 g/mol. The first-order chi connectivity index (χ1) is 9.10. The number of nitriles is 1. The molecule has 0 aliphatic heterocycles. The highest BCUT2D eigenvalue weighted by molar-refractivity contribution is 9.10. The summed E-state index contributed by atoms with van der Waals surface area (Å²) in [5, 5.41) is 18.5. The standard InChI is InChI=1S/C15H12BrNO2/c1-10(18)14-7-4-12(16)8-15(14)19-13-5-2-11(9-17)3-6-13/h2-8,10,18H,1H3. The zero-order chi connectivity index (χ0) is 13.8. The Kier molecular flexibility index (Phi) is 4.20. The van der Waals surface area contributed by atoms with Gasteiger partial charge in [-0.1, -0.05) is 22.0 Å². The highest BCUT2D eigenvalue weighted by Gasteiger charge is 2.10. The van der Waals surface area contributed by atoms with Crippen molar-refractivity contribution in [3.05, 3.63) is 58.1 Å². The lowest BCUT2D eigenvalue weighted by atomic mass is 10.1. The van der Waals surface area contributed by atoms with Gasteiger partial charge in [0.05, 0.1) is 17.7 Å². The van der Waals surface area contributed by atoms with Crippen molar-refractivity contribution in [1.82, 2.24) is 0 Å². The zero-order valence-corrected chi connectivity index (χ0v) is 11.9. The van der Waals surface area contributed by atoms with Gasteiger partial charge in [0.1, 0.15) is 11.5 Å². The highest BCUT2D eigenvalue weighted by Crippen LogP contribution is 2.32. The number of hydrogen-bond donors (Lipinski definition) is 1. The molecule has 0 aliphatic rings. The topological polar surface area (TPSA) is 53.2 Å². The van der Waals surface area contributed by atoms with Gasteiger partial charge in [0.15, 0.2) is 0 Å². The maximum atomic E-state index is 9.72. The summed E-state index contributed by atoms with van der Waals surface area (Å²) in [6.45, 7) is 1.69. The van der Waals surface area contributed by atoms with Crippen LogP contribution in [0, 0.1) is 11.3 Å². The smallest absolute Gasteiger partial charge is 0.134 e. The number of aliphatic hydroxyl groups is 1. The summed E-state index contributed by atoms with van der Waals surface area (Å²) in [6.07, 6.45) is -0.610. The van der Waals surface area contributed by atoms with Crippen molar-refractivity contribution < 1.29 is 9.84 Å². The molecule has 0 saturated carbocycles. The van der Waals surface area contributed by atoms with E-state index in [0.717, 1.165) is 4.47 Å². The van der Waals surface area contributed by atoms with Crippen LogP contribution in [0.25, 0.3) is 0 Å². The Balaban J connectivity index is 2.31. The first-order valence-corrected chi connectivity index (χ1v) is 6.55. The Bertz CT molecular complexity index is 615. The molecular formula is C15H12BrNO2. The molecule has 3 nitrogen and oxygen atoms in total. The van der Waals surface area contributed by atoms with Crippen LogP contribution in [0.4, 0.5) is 0 Å². The van der Waals surface area contributed by atoms with E-state index in [1.807, 2.05) is 12.1 Å². The number of nitrogens with zero attached hydrogens (tertiary/aromatic N) is 1. The quantitative estimate of drug-likeness (QED) is 0.924. The first kappa shape index (κ1) is 13.6. The fourth-order valence-electron chi connectivity index (χ4n) is 1.67. The van der Waals surface area contributed by atoms with E-state index in [-0.39, 0.29) is 0 Å². The van der Waals surface area contributed by atoms with Gasteiger partial charge < -0.3 is 9.84 Å². The van der Waals surface area contributed by atoms with E-state index in [4.69, 9.17) is 10.00 Å². The largest absolute Gasteiger partial charge is 0.457 e. The SMILES string of the molecule is CC(O)c1ccc(Br)cc1Oc1ccc(C#N)cc1. The lowest BCUT2D eigenvalue weighted by Gasteiger charge is -2.13. The number of halogens is 1. The molecule has 0 amide bonds. The molecule has 2 aromatic carbocycles. The van der Waals surface area contributed by atoms with Crippen molar-refractivity contribution in [3.63, 3.8) is 0 Å². The molecule has 2 rings (SSSR count). The number of benzene rings is 2. The Morgan fingerprint density at radius 2 is 1.89 bits per heavy atom. The summed E-state index contributed by atoms with van der Waals surface area (Å²) in [6, 6.07) is 14.4. The molecule has 1 N–H and O–H groups in total. The van der Waals surface area contributed by atoms with Crippen LogP contribution in [-0.4, -0.2) is 5.11 Å². The van der Waals surface area contributed by atoms with Gasteiger partial charge in [-0.15, -0.1) is 0 Å². The van der Waals surface area contributed by atoms with Gasteiger partial charge in [0, 0.05) is 10.0 Å². The van der Waals surface area contributed by atoms with E-state index < -0.39 is 6.10 Å². The third-order valence-electron chi connectivity index (χ3n) is 2.64. The summed E-state index contributed by atoms with van der Waals surface area (Å²) in [5.41, 5.74) is 1.30. The first-order valence-electron chi connectivity index (χ1n) is 5.75. The molecule has 19 heavy (non-hydrogen) atoms. The minimum atomic E-state index is -0.610. The second kappa shape index (κ2) is 5.87.